The van der Waals surface area contributed by atoms with Gasteiger partial charge in [-0.15, -0.1) is 0 Å². The van der Waals surface area contributed by atoms with E-state index in [1.54, 1.807) is 0 Å². The van der Waals surface area contributed by atoms with Gasteiger partial charge in [0.15, 0.2) is 0 Å². The summed E-state index contributed by atoms with van der Waals surface area (Å²) >= 11 is 0. The Morgan fingerprint density at radius 1 is 0.919 bits per heavy atom. The predicted octanol–water partition coefficient (Wildman–Crippen LogP) is 6.19. The lowest BCUT2D eigenvalue weighted by atomic mass is 9.89. The predicted molar refractivity (Wildman–Crippen MR) is 149 cm³/mol. The molecule has 194 valence electrons. The molecule has 5 heteroatoms. The molecule has 0 saturated carbocycles. The number of ether oxygens (including phenoxy) is 1. The number of carbonyl (C=O) groups is 1. The van der Waals surface area contributed by atoms with Gasteiger partial charge in [0, 0.05) is 32.2 Å². The van der Waals surface area contributed by atoms with Crippen LogP contribution in [0, 0.1) is 0 Å². The highest BCUT2D eigenvalue weighted by atomic mass is 16.5. The monoisotopic (exact) mass is 497 g/mol. The van der Waals surface area contributed by atoms with E-state index in [0.29, 0.717) is 6.54 Å². The number of likely N-dealkylation sites (tertiary alicyclic amines) is 1. The molecular weight excluding hydrogens is 458 g/mol. The van der Waals surface area contributed by atoms with Crippen molar-refractivity contribution in [2.24, 2.45) is 0 Å². The second-order valence-electron chi connectivity index (χ2n) is 10.6. The zero-order valence-corrected chi connectivity index (χ0v) is 22.1. The smallest absolute Gasteiger partial charge is 0.318 e. The third-order valence-electron chi connectivity index (χ3n) is 7.53. The number of urea groups is 1. The summed E-state index contributed by atoms with van der Waals surface area (Å²) in [6.07, 6.45) is 4.05. The Morgan fingerprint density at radius 3 is 2.35 bits per heavy atom. The first-order valence-corrected chi connectivity index (χ1v) is 13.8. The van der Waals surface area contributed by atoms with Crippen molar-refractivity contribution in [2.45, 2.75) is 64.3 Å². The molecule has 37 heavy (non-hydrogen) atoms. The number of nitrogens with zero attached hydrogens (tertiary/aromatic N) is 2. The molecule has 5 rings (SSSR count). The third kappa shape index (κ3) is 6.16. The van der Waals surface area contributed by atoms with E-state index in [-0.39, 0.29) is 24.2 Å². The second kappa shape index (κ2) is 11.8. The van der Waals surface area contributed by atoms with Gasteiger partial charge in [-0.25, -0.2) is 4.79 Å². The largest absolute Gasteiger partial charge is 0.491 e. The lowest BCUT2D eigenvalue weighted by molar-refractivity contribution is 0.101. The highest BCUT2D eigenvalue weighted by Gasteiger charge is 2.36. The van der Waals surface area contributed by atoms with Gasteiger partial charge >= 0.3 is 6.03 Å². The van der Waals surface area contributed by atoms with Gasteiger partial charge in [0.05, 0.1) is 12.1 Å². The van der Waals surface area contributed by atoms with Crippen LogP contribution in [0.2, 0.25) is 0 Å². The van der Waals surface area contributed by atoms with E-state index in [1.165, 1.54) is 22.3 Å². The van der Waals surface area contributed by atoms with Crippen molar-refractivity contribution in [1.82, 2.24) is 15.1 Å². The lowest BCUT2D eigenvalue weighted by Crippen LogP contribution is -2.52. The van der Waals surface area contributed by atoms with Crippen molar-refractivity contribution < 1.29 is 9.53 Å². The molecule has 1 N–H and O–H groups in total. The molecule has 2 aliphatic heterocycles. The van der Waals surface area contributed by atoms with Gasteiger partial charge in [-0.05, 0) is 73.9 Å². The number of nitrogens with one attached hydrogen (secondary N) is 1. The van der Waals surface area contributed by atoms with E-state index in [0.717, 1.165) is 51.1 Å². The third-order valence-corrected chi connectivity index (χ3v) is 7.53. The van der Waals surface area contributed by atoms with Crippen molar-refractivity contribution in [2.75, 3.05) is 19.6 Å². The van der Waals surface area contributed by atoms with Gasteiger partial charge in [-0.3, -0.25) is 4.90 Å². The van der Waals surface area contributed by atoms with Crippen LogP contribution in [0.5, 0.6) is 5.75 Å². The molecule has 2 aliphatic rings. The molecule has 0 radical (unpaired) electrons. The molecule has 2 heterocycles. The summed E-state index contributed by atoms with van der Waals surface area (Å²) in [5.41, 5.74) is 5.08. The zero-order chi connectivity index (χ0) is 25.6. The molecule has 2 amide bonds. The Hall–Kier alpha value is -3.31. The van der Waals surface area contributed by atoms with Crippen LogP contribution in [0.15, 0.2) is 78.9 Å². The van der Waals surface area contributed by atoms with E-state index in [9.17, 15) is 4.79 Å². The summed E-state index contributed by atoms with van der Waals surface area (Å²) in [7, 11) is 0. The summed E-state index contributed by atoms with van der Waals surface area (Å²) in [5.74, 6) is 0.920. The Balaban J connectivity index is 1.35. The molecule has 0 aromatic heterocycles. The molecule has 3 aromatic carbocycles. The molecule has 0 aliphatic carbocycles. The maximum absolute atomic E-state index is 13.7. The van der Waals surface area contributed by atoms with Gasteiger partial charge in [-0.1, -0.05) is 66.7 Å². The van der Waals surface area contributed by atoms with Crippen LogP contribution in [-0.2, 0) is 13.0 Å². The van der Waals surface area contributed by atoms with Gasteiger partial charge < -0.3 is 15.0 Å². The highest BCUT2D eigenvalue weighted by molar-refractivity contribution is 5.76. The van der Waals surface area contributed by atoms with Gasteiger partial charge in [0.2, 0.25) is 0 Å². The first-order valence-electron chi connectivity index (χ1n) is 13.8. The number of aryl methyl sites for hydroxylation is 1. The number of piperidine rings is 1. The average Bonchev–Trinajstić information content (AvgIpc) is 2.98. The van der Waals surface area contributed by atoms with E-state index >= 15 is 0 Å². The molecular formula is C32H39N3O2. The Bertz CT molecular complexity index is 1150. The number of benzene rings is 3. The van der Waals surface area contributed by atoms with Crippen LogP contribution >= 0.6 is 0 Å². The summed E-state index contributed by atoms with van der Waals surface area (Å²) in [4.78, 5) is 18.4. The molecule has 1 saturated heterocycles. The Kier molecular flexibility index (Phi) is 8.10. The van der Waals surface area contributed by atoms with Gasteiger partial charge in [0.25, 0.3) is 0 Å². The normalized spacial score (nSPS) is 19.5. The van der Waals surface area contributed by atoms with Crippen LogP contribution < -0.4 is 10.1 Å². The van der Waals surface area contributed by atoms with Crippen molar-refractivity contribution in [3.63, 3.8) is 0 Å². The van der Waals surface area contributed by atoms with Gasteiger partial charge in [0.1, 0.15) is 5.75 Å². The van der Waals surface area contributed by atoms with E-state index in [2.05, 4.69) is 94.0 Å². The first kappa shape index (κ1) is 25.3. The van der Waals surface area contributed by atoms with E-state index in [4.69, 9.17) is 4.74 Å². The molecule has 5 nitrogen and oxygen atoms in total. The van der Waals surface area contributed by atoms with Crippen LogP contribution in [0.4, 0.5) is 4.79 Å². The minimum absolute atomic E-state index is 0.0600. The number of hydrogen-bond acceptors (Lipinski definition) is 3. The zero-order valence-electron chi connectivity index (χ0n) is 22.1. The van der Waals surface area contributed by atoms with E-state index in [1.807, 2.05) is 13.8 Å². The van der Waals surface area contributed by atoms with Gasteiger partial charge in [-0.2, -0.15) is 0 Å². The fourth-order valence-electron chi connectivity index (χ4n) is 5.77. The molecule has 0 bridgehead atoms. The summed E-state index contributed by atoms with van der Waals surface area (Å²) in [5, 5.41) is 3.24. The average molecular weight is 498 g/mol. The summed E-state index contributed by atoms with van der Waals surface area (Å²) in [6, 6.07) is 27.9. The fraction of sp³-hybridized carbons (Fsp3) is 0.406. The topological polar surface area (TPSA) is 44.8 Å². The van der Waals surface area contributed by atoms with Crippen molar-refractivity contribution in [3.05, 3.63) is 101 Å². The number of rotatable bonds is 6. The molecule has 1 unspecified atom stereocenters. The number of fused-ring (bicyclic) bond motifs is 1. The lowest BCUT2D eigenvalue weighted by Gasteiger charge is -2.43. The highest BCUT2D eigenvalue weighted by Crippen LogP contribution is 2.36. The van der Waals surface area contributed by atoms with Crippen LogP contribution in [-0.4, -0.2) is 47.6 Å². The Labute approximate surface area is 221 Å². The molecule has 3 aromatic rings. The van der Waals surface area contributed by atoms with E-state index < -0.39 is 0 Å². The van der Waals surface area contributed by atoms with Crippen LogP contribution in [0.25, 0.3) is 0 Å². The number of amides is 2. The molecule has 1 fully saturated rings. The molecule has 0 spiro atoms. The fourth-order valence-corrected chi connectivity index (χ4v) is 5.77. The number of carbonyl (C=O) groups excluding carboxylic acids is 1. The number of hydrogen-bond donors (Lipinski definition) is 1. The minimum Gasteiger partial charge on any atom is -0.491 e. The molecule has 1 atom stereocenters. The first-order chi connectivity index (χ1) is 18.1. The Morgan fingerprint density at radius 2 is 1.62 bits per heavy atom. The van der Waals surface area contributed by atoms with Crippen molar-refractivity contribution in [3.8, 4) is 5.75 Å². The van der Waals surface area contributed by atoms with Crippen LogP contribution in [0.1, 0.15) is 61.4 Å². The summed E-state index contributed by atoms with van der Waals surface area (Å²) in [6.45, 7) is 7.68. The minimum atomic E-state index is -0.0828. The maximum Gasteiger partial charge on any atom is 0.318 e. The standard InChI is InChI=1S/C32H39N3O2/c1-24(2)37-29-16-14-25(15-17-29)23-34-21-18-28(19-22-34)35-31(27-10-4-3-5-11-27)30-13-7-6-9-26(30)12-8-20-33-32(35)36/h3-7,9-11,13-17,24,28,31H,8,12,18-23H2,1-2H3,(H,33,36). The van der Waals surface area contributed by atoms with Crippen LogP contribution in [0.3, 0.4) is 0 Å². The maximum atomic E-state index is 13.7. The second-order valence-corrected chi connectivity index (χ2v) is 10.6. The SMILES string of the molecule is CC(C)Oc1ccc(CN2CCC(N3C(=O)NCCCc4ccccc4C3c3ccccc3)CC2)cc1. The summed E-state index contributed by atoms with van der Waals surface area (Å²) < 4.78 is 5.79. The van der Waals surface area contributed by atoms with Crippen molar-refractivity contribution in [1.29, 1.82) is 0 Å². The van der Waals surface area contributed by atoms with Crippen molar-refractivity contribution >= 4 is 6.03 Å². The quantitative estimate of drug-likeness (QED) is 0.442.